The van der Waals surface area contributed by atoms with E-state index >= 15 is 0 Å². The van der Waals surface area contributed by atoms with Gasteiger partial charge in [-0.15, -0.1) is 0 Å². The topological polar surface area (TPSA) is 64.0 Å². The van der Waals surface area contributed by atoms with Gasteiger partial charge in [0, 0.05) is 19.2 Å². The molecule has 0 aliphatic carbocycles. The molecule has 3 rings (SSSR count). The molecule has 2 aliphatic heterocycles. The summed E-state index contributed by atoms with van der Waals surface area (Å²) in [5.74, 6) is 1.67. The molecule has 2 saturated heterocycles. The van der Waals surface area contributed by atoms with Crippen molar-refractivity contribution < 1.29 is 18.1 Å². The summed E-state index contributed by atoms with van der Waals surface area (Å²) in [6.45, 7) is 6.08. The maximum Gasteiger partial charge on any atom is 0.274 e. The molecule has 0 unspecified atom stereocenters. The third-order valence-electron chi connectivity index (χ3n) is 4.37. The van der Waals surface area contributed by atoms with Crippen LogP contribution in [0.2, 0.25) is 0 Å². The Balaban J connectivity index is 1.75. The largest absolute Gasteiger partial charge is 0.379 e. The summed E-state index contributed by atoms with van der Waals surface area (Å²) in [6, 6.07) is 3.58. The summed E-state index contributed by atoms with van der Waals surface area (Å²) in [4.78, 5) is 5.77. The number of H-pyrrole nitrogens is 1. The first-order valence-corrected chi connectivity index (χ1v) is 9.36. The van der Waals surface area contributed by atoms with Gasteiger partial charge in [-0.1, -0.05) is 6.92 Å². The van der Waals surface area contributed by atoms with Crippen molar-refractivity contribution in [1.29, 1.82) is 0 Å². The van der Waals surface area contributed by atoms with Crippen molar-refractivity contribution >= 4 is 15.8 Å². The molecule has 1 aromatic heterocycles. The number of hydrogen-bond donors (Lipinski definition) is 0. The molecule has 6 nitrogen and oxygen atoms in total. The van der Waals surface area contributed by atoms with E-state index < -0.39 is 10.0 Å². The van der Waals surface area contributed by atoms with E-state index in [2.05, 4.69) is 16.8 Å². The molecule has 0 saturated carbocycles. The summed E-state index contributed by atoms with van der Waals surface area (Å²) < 4.78 is 31.8. The highest BCUT2D eigenvalue weighted by Gasteiger charge is 2.28. The zero-order valence-corrected chi connectivity index (χ0v) is 13.8. The standard InChI is InChI=1S/C15H23N3O3S/c1-13-3-2-6-17(12-13)15-5-4-14(11-16-15)22(19,20)18-7-9-21-10-8-18/h4-5,11,13H,2-3,6-10,12H2,1H3/p+1/t13-/m1/s1. The average Bonchev–Trinajstić information content (AvgIpc) is 2.56. The second-order valence-electron chi connectivity index (χ2n) is 6.12. The lowest BCUT2D eigenvalue weighted by atomic mass is 10.0. The number of pyridine rings is 1. The lowest BCUT2D eigenvalue weighted by Gasteiger charge is -2.27. The second kappa shape index (κ2) is 6.52. The van der Waals surface area contributed by atoms with Gasteiger partial charge in [-0.05, 0) is 24.8 Å². The van der Waals surface area contributed by atoms with Gasteiger partial charge in [-0.3, -0.25) is 4.90 Å². The van der Waals surface area contributed by atoms with Gasteiger partial charge in [0.05, 0.1) is 26.3 Å². The number of rotatable bonds is 3. The van der Waals surface area contributed by atoms with E-state index in [1.807, 2.05) is 6.07 Å². The number of nitrogens with zero attached hydrogens (tertiary/aromatic N) is 2. The molecular weight excluding hydrogens is 302 g/mol. The van der Waals surface area contributed by atoms with Crippen LogP contribution in [-0.4, -0.2) is 52.1 Å². The van der Waals surface area contributed by atoms with Crippen LogP contribution in [0.5, 0.6) is 0 Å². The van der Waals surface area contributed by atoms with E-state index in [4.69, 9.17) is 4.74 Å². The normalized spacial score (nSPS) is 24.4. The average molecular weight is 326 g/mol. The van der Waals surface area contributed by atoms with Crippen molar-refractivity contribution in [3.63, 3.8) is 0 Å². The van der Waals surface area contributed by atoms with Crippen molar-refractivity contribution in [1.82, 2.24) is 4.31 Å². The quantitative estimate of drug-likeness (QED) is 0.822. The minimum Gasteiger partial charge on any atom is -0.379 e. The Kier molecular flexibility index (Phi) is 4.65. The number of sulfonamides is 1. The van der Waals surface area contributed by atoms with Gasteiger partial charge >= 0.3 is 0 Å². The number of anilines is 1. The van der Waals surface area contributed by atoms with Gasteiger partial charge in [0.1, 0.15) is 11.1 Å². The molecule has 7 heteroatoms. The molecule has 2 fully saturated rings. The molecule has 22 heavy (non-hydrogen) atoms. The van der Waals surface area contributed by atoms with Crippen molar-refractivity contribution in [2.24, 2.45) is 5.92 Å². The molecule has 3 heterocycles. The molecule has 1 aromatic rings. The van der Waals surface area contributed by atoms with Crippen molar-refractivity contribution in [3.8, 4) is 0 Å². The Morgan fingerprint density at radius 1 is 1.23 bits per heavy atom. The maximum atomic E-state index is 12.6. The Labute approximate surface area is 132 Å². The summed E-state index contributed by atoms with van der Waals surface area (Å²) >= 11 is 0. The van der Waals surface area contributed by atoms with Crippen molar-refractivity contribution in [2.75, 3.05) is 44.3 Å². The predicted molar refractivity (Wildman–Crippen MR) is 83.2 cm³/mol. The van der Waals surface area contributed by atoms with E-state index in [-0.39, 0.29) is 0 Å². The first kappa shape index (κ1) is 15.7. The van der Waals surface area contributed by atoms with E-state index in [0.717, 1.165) is 18.9 Å². The van der Waals surface area contributed by atoms with Crippen LogP contribution < -0.4 is 9.88 Å². The molecule has 2 aliphatic rings. The SMILES string of the molecule is C[C@@H]1CCCN(c2ccc(S(=O)(=O)N3CCOCC3)c[nH+]2)C1. The summed E-state index contributed by atoms with van der Waals surface area (Å²) in [6.07, 6.45) is 4.06. The number of hydrogen-bond acceptors (Lipinski definition) is 4. The number of aromatic nitrogens is 1. The van der Waals surface area contributed by atoms with Gasteiger partial charge in [-0.2, -0.15) is 4.31 Å². The summed E-state index contributed by atoms with van der Waals surface area (Å²) in [5, 5.41) is 0. The van der Waals surface area contributed by atoms with Gasteiger partial charge < -0.3 is 4.74 Å². The zero-order chi connectivity index (χ0) is 15.6. The van der Waals surface area contributed by atoms with Crippen molar-refractivity contribution in [2.45, 2.75) is 24.7 Å². The van der Waals surface area contributed by atoms with Gasteiger partial charge in [-0.25, -0.2) is 13.4 Å². The number of morpholine rings is 1. The van der Waals surface area contributed by atoms with Crippen LogP contribution in [0.25, 0.3) is 0 Å². The van der Waals surface area contributed by atoms with Crippen LogP contribution in [0, 0.1) is 5.92 Å². The highest BCUT2D eigenvalue weighted by Crippen LogP contribution is 2.21. The number of piperidine rings is 1. The van der Waals surface area contributed by atoms with Gasteiger partial charge in [0.15, 0.2) is 0 Å². The summed E-state index contributed by atoms with van der Waals surface area (Å²) in [7, 11) is -3.42. The zero-order valence-electron chi connectivity index (χ0n) is 13.0. The lowest BCUT2D eigenvalue weighted by Crippen LogP contribution is -2.41. The maximum absolute atomic E-state index is 12.6. The fourth-order valence-electron chi connectivity index (χ4n) is 3.10. The van der Waals surface area contributed by atoms with Crippen LogP contribution >= 0.6 is 0 Å². The second-order valence-corrected chi connectivity index (χ2v) is 8.06. The smallest absolute Gasteiger partial charge is 0.274 e. The van der Waals surface area contributed by atoms with E-state index in [9.17, 15) is 8.42 Å². The third-order valence-corrected chi connectivity index (χ3v) is 6.27. The number of ether oxygens (including phenoxy) is 1. The number of aromatic amines is 1. The Morgan fingerprint density at radius 3 is 2.64 bits per heavy atom. The monoisotopic (exact) mass is 326 g/mol. The Bertz CT molecular complexity index is 597. The Hall–Kier alpha value is -1.18. The van der Waals surface area contributed by atoms with Gasteiger partial charge in [0.2, 0.25) is 10.0 Å². The van der Waals surface area contributed by atoms with Crippen LogP contribution in [0.15, 0.2) is 23.2 Å². The predicted octanol–water partition coefficient (Wildman–Crippen LogP) is 0.758. The first-order chi connectivity index (χ1) is 10.6. The molecular formula is C15H24N3O3S+. The van der Waals surface area contributed by atoms with Gasteiger partial charge in [0.25, 0.3) is 5.82 Å². The molecule has 0 aromatic carbocycles. The number of nitrogens with one attached hydrogen (secondary N) is 1. The summed E-state index contributed by atoms with van der Waals surface area (Å²) in [5.41, 5.74) is 0. The van der Waals surface area contributed by atoms with E-state index in [1.165, 1.54) is 17.1 Å². The van der Waals surface area contributed by atoms with E-state index in [1.54, 1.807) is 12.3 Å². The molecule has 1 atom stereocenters. The van der Waals surface area contributed by atoms with E-state index in [0.29, 0.717) is 37.1 Å². The minimum absolute atomic E-state index is 0.322. The van der Waals surface area contributed by atoms with Crippen LogP contribution in [0.1, 0.15) is 19.8 Å². The fourth-order valence-corrected chi connectivity index (χ4v) is 4.48. The molecule has 122 valence electrons. The molecule has 1 N–H and O–H groups in total. The first-order valence-electron chi connectivity index (χ1n) is 7.92. The third kappa shape index (κ3) is 3.26. The lowest BCUT2D eigenvalue weighted by molar-refractivity contribution is -0.367. The minimum atomic E-state index is -3.42. The van der Waals surface area contributed by atoms with Crippen LogP contribution in [0.4, 0.5) is 5.82 Å². The molecule has 0 bridgehead atoms. The highest BCUT2D eigenvalue weighted by molar-refractivity contribution is 7.89. The van der Waals surface area contributed by atoms with Crippen LogP contribution in [0.3, 0.4) is 0 Å². The Morgan fingerprint density at radius 2 is 2.00 bits per heavy atom. The molecule has 0 spiro atoms. The highest BCUT2D eigenvalue weighted by atomic mass is 32.2. The fraction of sp³-hybridized carbons (Fsp3) is 0.667. The van der Waals surface area contributed by atoms with Crippen molar-refractivity contribution in [3.05, 3.63) is 18.3 Å². The molecule has 0 radical (unpaired) electrons. The molecule has 0 amide bonds. The van der Waals surface area contributed by atoms with Crippen LogP contribution in [-0.2, 0) is 14.8 Å².